The van der Waals surface area contributed by atoms with Crippen molar-refractivity contribution in [1.82, 2.24) is 5.32 Å². The smallest absolute Gasteiger partial charge is 0.252 e. The van der Waals surface area contributed by atoms with Crippen LogP contribution in [0.25, 0.3) is 0 Å². The van der Waals surface area contributed by atoms with E-state index < -0.39 is 0 Å². The number of amides is 1. The van der Waals surface area contributed by atoms with Gasteiger partial charge in [0, 0.05) is 16.3 Å². The highest BCUT2D eigenvalue weighted by molar-refractivity contribution is 9.10. The lowest BCUT2D eigenvalue weighted by atomic mass is 10.1. The van der Waals surface area contributed by atoms with Crippen LogP contribution in [0.2, 0.25) is 0 Å². The van der Waals surface area contributed by atoms with Crippen LogP contribution >= 0.6 is 31.9 Å². The van der Waals surface area contributed by atoms with Crippen molar-refractivity contribution in [2.75, 3.05) is 11.9 Å². The van der Waals surface area contributed by atoms with Gasteiger partial charge in [-0.2, -0.15) is 0 Å². The van der Waals surface area contributed by atoms with E-state index in [2.05, 4.69) is 44.1 Å². The number of rotatable bonds is 5. The van der Waals surface area contributed by atoms with Gasteiger partial charge in [-0.3, -0.25) is 4.79 Å². The molecule has 1 unspecified atom stereocenters. The number of carbonyl (C=O) groups excluding carboxylic acids is 1. The van der Waals surface area contributed by atoms with Crippen molar-refractivity contribution >= 4 is 37.8 Å². The van der Waals surface area contributed by atoms with E-state index in [1.165, 1.54) is 0 Å². The lowest BCUT2D eigenvalue weighted by molar-refractivity contribution is 0.0947. The molecule has 0 bridgehead atoms. The highest BCUT2D eigenvalue weighted by atomic mass is 79.9. The highest BCUT2D eigenvalue weighted by Gasteiger charge is 2.09. The van der Waals surface area contributed by atoms with E-state index in [-0.39, 0.29) is 5.91 Å². The van der Waals surface area contributed by atoms with E-state index in [1.54, 1.807) is 0 Å². The summed E-state index contributed by atoms with van der Waals surface area (Å²) in [6.45, 7) is 2.84. The second kappa shape index (κ2) is 7.07. The molecule has 16 heavy (non-hydrogen) atoms. The van der Waals surface area contributed by atoms with Crippen molar-refractivity contribution < 1.29 is 4.79 Å². The van der Waals surface area contributed by atoms with Crippen LogP contribution in [0.3, 0.4) is 0 Å². The van der Waals surface area contributed by atoms with Crippen LogP contribution in [0.5, 0.6) is 0 Å². The molecule has 0 aliphatic carbocycles. The summed E-state index contributed by atoms with van der Waals surface area (Å²) in [4.78, 5) is 11.8. The summed E-state index contributed by atoms with van der Waals surface area (Å²) in [5.41, 5.74) is 0.688. The van der Waals surface area contributed by atoms with Crippen LogP contribution in [0.1, 0.15) is 23.7 Å². The third-order valence-electron chi connectivity index (χ3n) is 2.33. The zero-order chi connectivity index (χ0) is 12.0. The van der Waals surface area contributed by atoms with E-state index in [4.69, 9.17) is 0 Å². The van der Waals surface area contributed by atoms with Gasteiger partial charge in [0.15, 0.2) is 0 Å². The summed E-state index contributed by atoms with van der Waals surface area (Å²) < 4.78 is 0.834. The molecule has 1 aromatic carbocycles. The van der Waals surface area contributed by atoms with Gasteiger partial charge in [0.1, 0.15) is 0 Å². The van der Waals surface area contributed by atoms with Gasteiger partial charge in [-0.15, -0.1) is 0 Å². The number of hydrogen-bond acceptors (Lipinski definition) is 1. The molecule has 0 heterocycles. The third-order valence-corrected chi connectivity index (χ3v) is 3.48. The first-order valence-electron chi connectivity index (χ1n) is 5.24. The molecular formula is C12H15Br2NO. The number of halogens is 2. The molecule has 1 aromatic rings. The molecule has 0 aliphatic rings. The maximum Gasteiger partial charge on any atom is 0.252 e. The first kappa shape index (κ1) is 13.7. The number of carbonyl (C=O) groups is 1. The second-order valence-corrected chi connectivity index (χ2v) is 5.42. The number of hydrogen-bond donors (Lipinski definition) is 1. The Bertz CT molecular complexity index is 355. The van der Waals surface area contributed by atoms with Gasteiger partial charge in [-0.05, 0) is 40.4 Å². The predicted molar refractivity (Wildman–Crippen MR) is 74.1 cm³/mol. The highest BCUT2D eigenvalue weighted by Crippen LogP contribution is 2.15. The molecule has 0 fully saturated rings. The standard InChI is InChI=1S/C12H15Br2NO/c1-9(6-7-13)8-15-12(16)10-4-2-3-5-11(10)14/h2-5,9H,6-8H2,1H3,(H,15,16). The van der Waals surface area contributed by atoms with Crippen molar-refractivity contribution in [3.8, 4) is 0 Å². The van der Waals surface area contributed by atoms with Crippen LogP contribution in [0.4, 0.5) is 0 Å². The van der Waals surface area contributed by atoms with Crippen LogP contribution in [0.15, 0.2) is 28.7 Å². The topological polar surface area (TPSA) is 29.1 Å². The van der Waals surface area contributed by atoms with Gasteiger partial charge in [0.2, 0.25) is 0 Å². The fourth-order valence-corrected chi connectivity index (χ4v) is 2.54. The Balaban J connectivity index is 2.50. The van der Waals surface area contributed by atoms with E-state index in [0.29, 0.717) is 18.0 Å². The van der Waals surface area contributed by atoms with E-state index in [9.17, 15) is 4.79 Å². The predicted octanol–water partition coefficient (Wildman–Crippen LogP) is 3.60. The fourth-order valence-electron chi connectivity index (χ4n) is 1.30. The molecule has 0 radical (unpaired) electrons. The number of nitrogens with one attached hydrogen (secondary N) is 1. The normalized spacial score (nSPS) is 12.2. The molecular weight excluding hydrogens is 334 g/mol. The van der Waals surface area contributed by atoms with Gasteiger partial charge in [0.25, 0.3) is 5.91 Å². The quantitative estimate of drug-likeness (QED) is 0.809. The molecule has 0 spiro atoms. The summed E-state index contributed by atoms with van der Waals surface area (Å²) >= 11 is 6.76. The molecule has 2 nitrogen and oxygen atoms in total. The molecule has 0 aromatic heterocycles. The molecule has 1 rings (SSSR count). The fraction of sp³-hybridized carbons (Fsp3) is 0.417. The monoisotopic (exact) mass is 347 g/mol. The van der Waals surface area contributed by atoms with Crippen molar-refractivity contribution in [2.45, 2.75) is 13.3 Å². The van der Waals surface area contributed by atoms with Crippen molar-refractivity contribution in [1.29, 1.82) is 0 Å². The minimum atomic E-state index is -0.0195. The first-order chi connectivity index (χ1) is 7.65. The lowest BCUT2D eigenvalue weighted by Crippen LogP contribution is -2.28. The van der Waals surface area contributed by atoms with Gasteiger partial charge >= 0.3 is 0 Å². The Morgan fingerprint density at radius 2 is 2.12 bits per heavy atom. The first-order valence-corrected chi connectivity index (χ1v) is 7.15. The summed E-state index contributed by atoms with van der Waals surface area (Å²) in [6.07, 6.45) is 1.07. The molecule has 0 saturated carbocycles. The van der Waals surface area contributed by atoms with Crippen molar-refractivity contribution in [3.63, 3.8) is 0 Å². The zero-order valence-electron chi connectivity index (χ0n) is 9.17. The summed E-state index contributed by atoms with van der Waals surface area (Å²) in [6, 6.07) is 7.45. The summed E-state index contributed by atoms with van der Waals surface area (Å²) in [7, 11) is 0. The molecule has 1 amide bonds. The van der Waals surface area contributed by atoms with Crippen LogP contribution in [-0.2, 0) is 0 Å². The maximum absolute atomic E-state index is 11.8. The van der Waals surface area contributed by atoms with E-state index >= 15 is 0 Å². The maximum atomic E-state index is 11.8. The average molecular weight is 349 g/mol. The average Bonchev–Trinajstić information content (AvgIpc) is 2.27. The molecule has 0 aliphatic heterocycles. The Morgan fingerprint density at radius 3 is 2.75 bits per heavy atom. The SMILES string of the molecule is CC(CCBr)CNC(=O)c1ccccc1Br. The minimum Gasteiger partial charge on any atom is -0.352 e. The van der Waals surface area contributed by atoms with Crippen molar-refractivity contribution in [3.05, 3.63) is 34.3 Å². The van der Waals surface area contributed by atoms with Gasteiger partial charge < -0.3 is 5.32 Å². The van der Waals surface area contributed by atoms with Crippen LogP contribution in [-0.4, -0.2) is 17.8 Å². The van der Waals surface area contributed by atoms with Gasteiger partial charge in [0.05, 0.1) is 5.56 Å². The number of benzene rings is 1. The molecule has 1 N–H and O–H groups in total. The summed E-state index contributed by atoms with van der Waals surface area (Å²) in [5.74, 6) is 0.472. The van der Waals surface area contributed by atoms with Gasteiger partial charge in [-0.25, -0.2) is 0 Å². The summed E-state index contributed by atoms with van der Waals surface area (Å²) in [5, 5.41) is 3.91. The second-order valence-electron chi connectivity index (χ2n) is 3.77. The van der Waals surface area contributed by atoms with Gasteiger partial charge in [-0.1, -0.05) is 35.0 Å². The molecule has 4 heteroatoms. The zero-order valence-corrected chi connectivity index (χ0v) is 12.3. The molecule has 88 valence electrons. The Labute approximate surface area is 113 Å². The number of alkyl halides is 1. The van der Waals surface area contributed by atoms with Crippen LogP contribution in [0, 0.1) is 5.92 Å². The molecule has 0 saturated heterocycles. The Kier molecular flexibility index (Phi) is 6.06. The Morgan fingerprint density at radius 1 is 1.44 bits per heavy atom. The van der Waals surface area contributed by atoms with Crippen LogP contribution < -0.4 is 5.32 Å². The van der Waals surface area contributed by atoms with Crippen molar-refractivity contribution in [2.24, 2.45) is 5.92 Å². The lowest BCUT2D eigenvalue weighted by Gasteiger charge is -2.11. The third kappa shape index (κ3) is 4.26. The van der Waals surface area contributed by atoms with E-state index in [0.717, 1.165) is 16.2 Å². The van der Waals surface area contributed by atoms with E-state index in [1.807, 2.05) is 24.3 Å². The molecule has 1 atom stereocenters. The Hall–Kier alpha value is -0.350. The largest absolute Gasteiger partial charge is 0.352 e. The minimum absolute atomic E-state index is 0.0195.